The molecule has 180 valence electrons. The molecule has 0 unspecified atom stereocenters. The molecule has 0 radical (unpaired) electrons. The number of halogens is 4. The van der Waals surface area contributed by atoms with E-state index in [1.807, 2.05) is 6.92 Å². The number of benzene rings is 1. The summed E-state index contributed by atoms with van der Waals surface area (Å²) in [6, 6.07) is 5.34. The fourth-order valence-electron chi connectivity index (χ4n) is 2.96. The van der Waals surface area contributed by atoms with Crippen molar-refractivity contribution in [2.45, 2.75) is 45.3 Å². The number of nitrogens with zero attached hydrogens (tertiary/aromatic N) is 1. The smallest absolute Gasteiger partial charge is 0.346 e. The van der Waals surface area contributed by atoms with Gasteiger partial charge in [-0.1, -0.05) is 25.5 Å². The topological polar surface area (TPSA) is 88.2 Å². The molecule has 2 rings (SSSR count). The molecule has 1 amide bonds. The number of hydrogen-bond donors (Lipinski definition) is 2. The number of hydrogen-bond acceptors (Lipinski definition) is 4. The minimum Gasteiger partial charge on any atom is -0.346 e. The molecule has 33 heavy (non-hydrogen) atoms. The number of sulfonamides is 1. The number of nitrogens with one attached hydrogen (secondary N) is 2. The fourth-order valence-corrected chi connectivity index (χ4v) is 3.52. The fraction of sp³-hybridized carbons (Fsp3) is 0.364. The molecule has 0 fully saturated rings. The van der Waals surface area contributed by atoms with Gasteiger partial charge < -0.3 is 5.32 Å². The Morgan fingerprint density at radius 2 is 1.91 bits per heavy atom. The van der Waals surface area contributed by atoms with E-state index in [0.29, 0.717) is 24.0 Å². The maximum absolute atomic E-state index is 14.2. The highest BCUT2D eigenvalue weighted by Gasteiger charge is 2.32. The lowest BCUT2D eigenvalue weighted by Crippen LogP contribution is -2.24. The molecule has 0 aliphatic heterocycles. The normalized spacial score (nSPS) is 13.2. The van der Waals surface area contributed by atoms with Crippen LogP contribution in [0, 0.1) is 5.82 Å². The first-order valence-corrected chi connectivity index (χ1v) is 12.0. The van der Waals surface area contributed by atoms with E-state index < -0.39 is 39.7 Å². The maximum Gasteiger partial charge on any atom is 0.433 e. The van der Waals surface area contributed by atoms with Crippen molar-refractivity contribution in [2.24, 2.45) is 0 Å². The van der Waals surface area contributed by atoms with E-state index in [1.165, 1.54) is 30.4 Å². The lowest BCUT2D eigenvalue weighted by atomic mass is 10.1. The zero-order valence-corrected chi connectivity index (χ0v) is 19.1. The van der Waals surface area contributed by atoms with Gasteiger partial charge in [-0.25, -0.2) is 17.8 Å². The Kier molecular flexibility index (Phi) is 8.59. The van der Waals surface area contributed by atoms with E-state index in [2.05, 4.69) is 15.0 Å². The number of aryl methyl sites for hydroxylation is 1. The van der Waals surface area contributed by atoms with Crippen molar-refractivity contribution in [3.8, 4) is 0 Å². The third-order valence-corrected chi connectivity index (χ3v) is 5.22. The molecule has 2 N–H and O–H groups in total. The molecule has 0 saturated heterocycles. The van der Waals surface area contributed by atoms with Crippen LogP contribution in [-0.4, -0.2) is 25.6 Å². The second-order valence-electron chi connectivity index (χ2n) is 7.51. The zero-order chi connectivity index (χ0) is 24.8. The van der Waals surface area contributed by atoms with Crippen LogP contribution in [0.25, 0.3) is 6.08 Å². The summed E-state index contributed by atoms with van der Waals surface area (Å²) < 4.78 is 77.6. The third kappa shape index (κ3) is 8.16. The molecule has 1 aromatic carbocycles. The molecule has 0 aliphatic rings. The number of carbonyl (C=O) groups is 1. The molecular formula is C22H25F4N3O3S. The van der Waals surface area contributed by atoms with Gasteiger partial charge >= 0.3 is 6.18 Å². The summed E-state index contributed by atoms with van der Waals surface area (Å²) in [5, 5.41) is 2.63. The molecule has 2 aromatic rings. The van der Waals surface area contributed by atoms with Gasteiger partial charge in [-0.05, 0) is 55.2 Å². The van der Waals surface area contributed by atoms with Crippen LogP contribution in [0.4, 0.5) is 23.2 Å². The molecule has 0 spiro atoms. The van der Waals surface area contributed by atoms with Crippen molar-refractivity contribution in [1.29, 1.82) is 0 Å². The highest BCUT2D eigenvalue weighted by atomic mass is 32.2. The predicted octanol–water partition coefficient (Wildman–Crippen LogP) is 4.84. The summed E-state index contributed by atoms with van der Waals surface area (Å²) in [5.41, 5.74) is -0.150. The average Bonchev–Trinajstić information content (AvgIpc) is 2.70. The monoisotopic (exact) mass is 487 g/mol. The van der Waals surface area contributed by atoms with E-state index in [-0.39, 0.29) is 11.4 Å². The van der Waals surface area contributed by atoms with E-state index in [1.54, 1.807) is 6.92 Å². The number of anilines is 1. The van der Waals surface area contributed by atoms with Crippen molar-refractivity contribution >= 4 is 27.7 Å². The second-order valence-corrected chi connectivity index (χ2v) is 9.26. The molecule has 1 heterocycles. The van der Waals surface area contributed by atoms with Crippen LogP contribution in [0.3, 0.4) is 0 Å². The van der Waals surface area contributed by atoms with Crippen LogP contribution in [-0.2, 0) is 27.4 Å². The molecule has 11 heteroatoms. The van der Waals surface area contributed by atoms with Crippen molar-refractivity contribution in [3.63, 3.8) is 0 Å². The third-order valence-electron chi connectivity index (χ3n) is 4.63. The van der Waals surface area contributed by atoms with Crippen molar-refractivity contribution < 1.29 is 30.8 Å². The van der Waals surface area contributed by atoms with Crippen molar-refractivity contribution in [2.75, 3.05) is 11.0 Å². The SMILES string of the molecule is CCCCc1nc(C(F)(F)F)ccc1C=CC(=O)N[C@H](C)c1ccc(NS(C)(=O)=O)c(F)c1. The number of aromatic nitrogens is 1. The first-order valence-electron chi connectivity index (χ1n) is 10.1. The van der Waals surface area contributed by atoms with Gasteiger partial charge in [-0.15, -0.1) is 0 Å². The first kappa shape index (κ1) is 26.3. The van der Waals surface area contributed by atoms with Crippen LogP contribution in [0.15, 0.2) is 36.4 Å². The Morgan fingerprint density at radius 1 is 1.21 bits per heavy atom. The van der Waals surface area contributed by atoms with E-state index in [9.17, 15) is 30.8 Å². The number of pyridine rings is 1. The number of carbonyl (C=O) groups excluding carboxylic acids is 1. The lowest BCUT2D eigenvalue weighted by Gasteiger charge is -2.15. The summed E-state index contributed by atoms with van der Waals surface area (Å²) in [4.78, 5) is 16.0. The Balaban J connectivity index is 2.13. The Bertz CT molecular complexity index is 1130. The number of unbranched alkanes of at least 4 members (excludes halogenated alkanes) is 1. The summed E-state index contributed by atoms with van der Waals surface area (Å²) in [7, 11) is -3.64. The second kappa shape index (κ2) is 10.8. The van der Waals surface area contributed by atoms with Gasteiger partial charge in [0.15, 0.2) is 0 Å². The molecule has 6 nitrogen and oxygen atoms in total. The molecule has 0 bridgehead atoms. The largest absolute Gasteiger partial charge is 0.433 e. The Labute approximate surface area is 190 Å². The van der Waals surface area contributed by atoms with Crippen LogP contribution in [0.5, 0.6) is 0 Å². The van der Waals surface area contributed by atoms with Crippen LogP contribution < -0.4 is 10.0 Å². The van der Waals surface area contributed by atoms with Crippen LogP contribution in [0.1, 0.15) is 55.2 Å². The van der Waals surface area contributed by atoms with Gasteiger partial charge in [0, 0.05) is 11.8 Å². The number of alkyl halides is 3. The Hall–Kier alpha value is -2.95. The minimum absolute atomic E-state index is 0.214. The number of rotatable bonds is 9. The highest BCUT2D eigenvalue weighted by molar-refractivity contribution is 7.92. The van der Waals surface area contributed by atoms with Gasteiger partial charge in [0.25, 0.3) is 0 Å². The summed E-state index contributed by atoms with van der Waals surface area (Å²) in [5.74, 6) is -1.34. The van der Waals surface area contributed by atoms with Crippen molar-refractivity contribution in [1.82, 2.24) is 10.3 Å². The minimum atomic E-state index is -4.56. The van der Waals surface area contributed by atoms with Crippen LogP contribution >= 0.6 is 0 Å². The Morgan fingerprint density at radius 3 is 2.48 bits per heavy atom. The molecule has 0 saturated carbocycles. The van der Waals surface area contributed by atoms with Gasteiger partial charge in [0.1, 0.15) is 11.5 Å². The summed E-state index contributed by atoms with van der Waals surface area (Å²) in [6.07, 6.45) is 0.659. The molecular weight excluding hydrogens is 462 g/mol. The van der Waals surface area contributed by atoms with E-state index in [4.69, 9.17) is 0 Å². The zero-order valence-electron chi connectivity index (χ0n) is 18.3. The summed E-state index contributed by atoms with van der Waals surface area (Å²) in [6.45, 7) is 3.51. The highest BCUT2D eigenvalue weighted by Crippen LogP contribution is 2.29. The number of amides is 1. The van der Waals surface area contributed by atoms with E-state index >= 15 is 0 Å². The van der Waals surface area contributed by atoms with Crippen LogP contribution in [0.2, 0.25) is 0 Å². The quantitative estimate of drug-likeness (QED) is 0.391. The van der Waals surface area contributed by atoms with Gasteiger partial charge in [-0.3, -0.25) is 9.52 Å². The van der Waals surface area contributed by atoms with Gasteiger partial charge in [0.2, 0.25) is 15.9 Å². The summed E-state index contributed by atoms with van der Waals surface area (Å²) >= 11 is 0. The standard InChI is InChI=1S/C22H25F4N3O3S/c1-4-5-6-18-15(8-11-20(28-18)22(24,25)26)9-12-21(30)27-14(2)16-7-10-19(17(23)13-16)29-33(3,31)32/h7-14,29H,4-6H2,1-3H3,(H,27,30)/t14-/m1/s1. The molecule has 1 atom stereocenters. The first-order chi connectivity index (χ1) is 15.3. The molecule has 1 aromatic heterocycles. The average molecular weight is 488 g/mol. The molecule has 0 aliphatic carbocycles. The van der Waals surface area contributed by atoms with E-state index in [0.717, 1.165) is 24.8 Å². The lowest BCUT2D eigenvalue weighted by molar-refractivity contribution is -0.141. The van der Waals surface area contributed by atoms with Crippen molar-refractivity contribution in [3.05, 3.63) is 64.7 Å². The predicted molar refractivity (Wildman–Crippen MR) is 118 cm³/mol. The van der Waals surface area contributed by atoms with Gasteiger partial charge in [-0.2, -0.15) is 13.2 Å². The van der Waals surface area contributed by atoms with Gasteiger partial charge in [0.05, 0.1) is 18.0 Å². The maximum atomic E-state index is 14.2.